The molecule has 260 valence electrons. The summed E-state index contributed by atoms with van der Waals surface area (Å²) in [7, 11) is 0. The number of nitrogens with one attached hydrogen (secondary N) is 1. The maximum Gasteiger partial charge on any atom is 0.371 e. The third-order valence-corrected chi connectivity index (χ3v) is 9.94. The number of carbonyl (C=O) groups is 2. The van der Waals surface area contributed by atoms with E-state index in [1.54, 1.807) is 0 Å². The molecule has 0 aliphatic rings. The summed E-state index contributed by atoms with van der Waals surface area (Å²) < 4.78 is 5.13. The number of carboxylic acid groups (broad SMARTS) is 1. The first-order chi connectivity index (χ1) is 23.0. The van der Waals surface area contributed by atoms with Crippen molar-refractivity contribution in [3.63, 3.8) is 0 Å². The Balaban J connectivity index is 1.58. The van der Waals surface area contributed by atoms with Crippen LogP contribution in [0.4, 0.5) is 5.69 Å². The van der Waals surface area contributed by atoms with Gasteiger partial charge in [-0.3, -0.25) is 9.59 Å². The van der Waals surface area contributed by atoms with Gasteiger partial charge < -0.3 is 14.8 Å². The van der Waals surface area contributed by atoms with Crippen LogP contribution in [0.1, 0.15) is 137 Å². The molecule has 0 saturated carbocycles. The summed E-state index contributed by atoms with van der Waals surface area (Å²) in [6.07, 6.45) is 4.08. The number of aromatic carboxylic acids is 1. The van der Waals surface area contributed by atoms with E-state index in [1.807, 2.05) is 24.3 Å². The molecule has 0 spiro atoms. The van der Waals surface area contributed by atoms with Crippen molar-refractivity contribution in [2.24, 2.45) is 16.2 Å². The van der Waals surface area contributed by atoms with Gasteiger partial charge in [0.2, 0.25) is 5.76 Å². The molecule has 3 aromatic carbocycles. The van der Waals surface area contributed by atoms with Gasteiger partial charge >= 0.3 is 5.97 Å². The van der Waals surface area contributed by atoms with Crippen LogP contribution in [0, 0.1) is 16.2 Å². The van der Waals surface area contributed by atoms with Crippen LogP contribution < -0.4 is 10.7 Å². The minimum absolute atomic E-state index is 0.0249. The zero-order valence-electron chi connectivity index (χ0n) is 30.4. The molecule has 1 amide bonds. The highest BCUT2D eigenvalue weighted by Crippen LogP contribution is 2.54. The molecule has 3 unspecified atom stereocenters. The number of anilines is 1. The molecular weight excluding hydrogens is 610 g/mol. The number of amides is 1. The lowest BCUT2D eigenvalue weighted by Crippen LogP contribution is -2.33. The van der Waals surface area contributed by atoms with Gasteiger partial charge in [-0.25, -0.2) is 4.79 Å². The lowest BCUT2D eigenvalue weighted by atomic mass is 9.59. The van der Waals surface area contributed by atoms with Gasteiger partial charge in [0.05, 0.1) is 0 Å². The van der Waals surface area contributed by atoms with Crippen molar-refractivity contribution in [1.29, 1.82) is 0 Å². The molecule has 2 N–H and O–H groups in total. The van der Waals surface area contributed by atoms with E-state index in [1.165, 1.54) is 16.7 Å². The predicted octanol–water partition coefficient (Wildman–Crippen LogP) is 10.9. The Hall–Kier alpha value is -4.45. The molecule has 0 aliphatic heterocycles. The van der Waals surface area contributed by atoms with Gasteiger partial charge in [0, 0.05) is 17.8 Å². The van der Waals surface area contributed by atoms with Crippen LogP contribution in [0.2, 0.25) is 0 Å². The van der Waals surface area contributed by atoms with E-state index in [0.29, 0.717) is 23.4 Å². The average molecular weight is 664 g/mol. The molecule has 0 bridgehead atoms. The second-order valence-corrected chi connectivity index (χ2v) is 16.1. The summed E-state index contributed by atoms with van der Waals surface area (Å²) in [5, 5.41) is 11.9. The van der Waals surface area contributed by atoms with Crippen molar-refractivity contribution >= 4 is 17.6 Å². The molecule has 0 saturated heterocycles. The first kappa shape index (κ1) is 37.4. The van der Waals surface area contributed by atoms with Crippen molar-refractivity contribution in [2.45, 2.75) is 98.8 Å². The van der Waals surface area contributed by atoms with E-state index in [4.69, 9.17) is 4.42 Å². The van der Waals surface area contributed by atoms with Crippen LogP contribution in [-0.4, -0.2) is 17.0 Å². The van der Waals surface area contributed by atoms with Crippen LogP contribution >= 0.6 is 0 Å². The molecule has 3 atom stereocenters. The van der Waals surface area contributed by atoms with E-state index in [9.17, 15) is 19.5 Å². The van der Waals surface area contributed by atoms with Crippen LogP contribution in [-0.2, 0) is 0 Å². The molecule has 1 aromatic heterocycles. The highest BCUT2D eigenvalue weighted by Gasteiger charge is 2.41. The number of benzene rings is 3. The van der Waals surface area contributed by atoms with Gasteiger partial charge in [0.25, 0.3) is 5.91 Å². The Morgan fingerprint density at radius 3 is 1.65 bits per heavy atom. The van der Waals surface area contributed by atoms with Crippen molar-refractivity contribution in [2.75, 3.05) is 5.32 Å². The van der Waals surface area contributed by atoms with E-state index in [0.717, 1.165) is 37.8 Å². The van der Waals surface area contributed by atoms with Gasteiger partial charge in [-0.2, -0.15) is 0 Å². The molecule has 6 heteroatoms. The van der Waals surface area contributed by atoms with Gasteiger partial charge in [0.1, 0.15) is 0 Å². The molecule has 6 nitrogen and oxygen atoms in total. The largest absolute Gasteiger partial charge is 0.475 e. The number of carbonyl (C=O) groups excluding carboxylic acids is 1. The minimum Gasteiger partial charge on any atom is -0.475 e. The van der Waals surface area contributed by atoms with Crippen LogP contribution in [0.15, 0.2) is 106 Å². The first-order valence-electron chi connectivity index (χ1n) is 17.4. The smallest absolute Gasteiger partial charge is 0.371 e. The van der Waals surface area contributed by atoms with E-state index in [-0.39, 0.29) is 22.0 Å². The summed E-state index contributed by atoms with van der Waals surface area (Å²) >= 11 is 0. The van der Waals surface area contributed by atoms with Gasteiger partial charge in [-0.1, -0.05) is 128 Å². The van der Waals surface area contributed by atoms with Crippen LogP contribution in [0.3, 0.4) is 0 Å². The lowest BCUT2D eigenvalue weighted by molar-refractivity contribution is 0.0656. The van der Waals surface area contributed by atoms with Gasteiger partial charge in [-0.15, -0.1) is 0 Å². The van der Waals surface area contributed by atoms with Gasteiger partial charge in [0.15, 0.2) is 11.2 Å². The quantitative estimate of drug-likeness (QED) is 0.140. The molecule has 0 aliphatic carbocycles. The fourth-order valence-electron chi connectivity index (χ4n) is 7.34. The molecular formula is C43H53NO5. The Morgan fingerprint density at radius 1 is 0.673 bits per heavy atom. The zero-order chi connectivity index (χ0) is 36.0. The summed E-state index contributed by atoms with van der Waals surface area (Å²) in [6, 6.07) is 31.6. The number of rotatable bonds is 14. The fraction of sp³-hybridized carbons (Fsp3) is 0.419. The Kier molecular flexibility index (Phi) is 11.7. The monoisotopic (exact) mass is 663 g/mol. The summed E-state index contributed by atoms with van der Waals surface area (Å²) in [6.45, 7) is 19.0. The normalized spacial score (nSPS) is 14.1. The Bertz CT molecular complexity index is 1750. The van der Waals surface area contributed by atoms with Crippen LogP contribution in [0.5, 0.6) is 0 Å². The third kappa shape index (κ3) is 10.0. The summed E-state index contributed by atoms with van der Waals surface area (Å²) in [5.74, 6) is -2.02. The highest BCUT2D eigenvalue weighted by molar-refractivity contribution is 6.02. The van der Waals surface area contributed by atoms with E-state index >= 15 is 0 Å². The molecule has 0 fully saturated rings. The third-order valence-electron chi connectivity index (χ3n) is 9.94. The standard InChI is InChI=1S/C43H53NO5/c1-9-29(30-20-22-33(23-21-30)44-39(46)37-24-34(45)25-38(49-37)40(47)48)26-42(5,6)36(32-18-14-11-15-19-32)28-43(7,8)35(27-41(2,3)4)31-16-12-10-13-17-31/h10-25,29,35-36H,9,26-28H2,1-8H3,(H,44,46)(H,47,48). The predicted molar refractivity (Wildman–Crippen MR) is 199 cm³/mol. The Morgan fingerprint density at radius 2 is 1.16 bits per heavy atom. The van der Waals surface area contributed by atoms with Crippen LogP contribution in [0.25, 0.3) is 0 Å². The zero-order valence-corrected chi connectivity index (χ0v) is 30.4. The topological polar surface area (TPSA) is 96.6 Å². The molecule has 0 radical (unpaired) electrons. The van der Waals surface area contributed by atoms with Crippen molar-refractivity contribution < 1.29 is 19.1 Å². The maximum absolute atomic E-state index is 12.8. The van der Waals surface area contributed by atoms with Gasteiger partial charge in [-0.05, 0) is 88.5 Å². The summed E-state index contributed by atoms with van der Waals surface area (Å²) in [5.41, 5.74) is 4.05. The number of carboxylic acids is 1. The fourth-order valence-corrected chi connectivity index (χ4v) is 7.34. The van der Waals surface area contributed by atoms with Crippen molar-refractivity contribution in [3.05, 3.63) is 135 Å². The number of hydrogen-bond acceptors (Lipinski definition) is 4. The molecule has 4 aromatic rings. The van der Waals surface area contributed by atoms with E-state index in [2.05, 4.69) is 121 Å². The van der Waals surface area contributed by atoms with Crippen molar-refractivity contribution in [3.8, 4) is 0 Å². The van der Waals surface area contributed by atoms with Crippen molar-refractivity contribution in [1.82, 2.24) is 0 Å². The SMILES string of the molecule is CCC(CC(C)(C)C(CC(C)(C)C(CC(C)(C)C)c1ccccc1)c1ccccc1)c1ccc(NC(=O)c2cc(=O)cc(C(=O)O)o2)cc1. The highest BCUT2D eigenvalue weighted by atomic mass is 16.4. The second-order valence-electron chi connectivity index (χ2n) is 16.1. The second kappa shape index (κ2) is 15.4. The molecule has 4 rings (SSSR count). The first-order valence-corrected chi connectivity index (χ1v) is 17.4. The minimum atomic E-state index is -1.41. The molecule has 1 heterocycles. The average Bonchev–Trinajstić information content (AvgIpc) is 3.05. The molecule has 49 heavy (non-hydrogen) atoms. The maximum atomic E-state index is 12.8. The summed E-state index contributed by atoms with van der Waals surface area (Å²) in [4.78, 5) is 36.0. The number of hydrogen-bond donors (Lipinski definition) is 2. The lowest BCUT2D eigenvalue weighted by Gasteiger charge is -2.45. The van der Waals surface area contributed by atoms with E-state index < -0.39 is 23.1 Å². The Labute approximate surface area is 292 Å².